The lowest BCUT2D eigenvalue weighted by atomic mass is 9.94. The molecule has 4 heteroatoms. The fourth-order valence-electron chi connectivity index (χ4n) is 4.04. The number of anilines is 1. The van der Waals surface area contributed by atoms with Gasteiger partial charge in [-0.05, 0) is 49.4 Å². The van der Waals surface area contributed by atoms with Crippen molar-refractivity contribution >= 4 is 33.8 Å². The summed E-state index contributed by atoms with van der Waals surface area (Å²) in [4.78, 5) is 3.93. The molecule has 3 nitrogen and oxygen atoms in total. The van der Waals surface area contributed by atoms with E-state index in [1.54, 1.807) is 4.90 Å². The molecule has 2 fully saturated rings. The van der Waals surface area contributed by atoms with Crippen LogP contribution in [0.4, 0.5) is 5.69 Å². The maximum absolute atomic E-state index is 5.63. The summed E-state index contributed by atoms with van der Waals surface area (Å²) in [6.07, 6.45) is 6.88. The molecule has 1 saturated carbocycles. The van der Waals surface area contributed by atoms with Crippen molar-refractivity contribution in [1.82, 2.24) is 5.32 Å². The molecule has 1 aliphatic carbocycles. The van der Waals surface area contributed by atoms with Gasteiger partial charge in [-0.1, -0.05) is 42.8 Å². The highest BCUT2D eigenvalue weighted by molar-refractivity contribution is 7.80. The Bertz CT molecular complexity index is 703. The molecule has 0 amide bonds. The van der Waals surface area contributed by atoms with E-state index in [0.29, 0.717) is 0 Å². The number of rotatable bonds is 2. The maximum Gasteiger partial charge on any atom is 0.182 e. The Morgan fingerprint density at radius 2 is 1.78 bits per heavy atom. The van der Waals surface area contributed by atoms with E-state index in [2.05, 4.69) is 52.7 Å². The summed E-state index contributed by atoms with van der Waals surface area (Å²) in [5.41, 5.74) is 1.23. The van der Waals surface area contributed by atoms with Crippen LogP contribution >= 0.6 is 12.2 Å². The SMILES string of the molecule is S=C1NC[NH+](C2CCCCC2)CN1c1cccc2ccccc12. The van der Waals surface area contributed by atoms with Gasteiger partial charge in [0.05, 0.1) is 11.7 Å². The molecule has 0 aromatic heterocycles. The van der Waals surface area contributed by atoms with Crippen LogP contribution in [-0.4, -0.2) is 24.5 Å². The zero-order chi connectivity index (χ0) is 15.6. The Kier molecular flexibility index (Phi) is 4.19. The number of quaternary nitrogens is 1. The van der Waals surface area contributed by atoms with Crippen molar-refractivity contribution in [3.63, 3.8) is 0 Å². The minimum atomic E-state index is 0.775. The number of thiocarbonyl (C=S) groups is 1. The summed E-state index contributed by atoms with van der Waals surface area (Å²) in [5.74, 6) is 0. The van der Waals surface area contributed by atoms with Crippen molar-refractivity contribution in [3.05, 3.63) is 42.5 Å². The van der Waals surface area contributed by atoms with Gasteiger partial charge in [0.25, 0.3) is 0 Å². The Hall–Kier alpha value is -1.65. The lowest BCUT2D eigenvalue weighted by Gasteiger charge is -2.40. The Labute approximate surface area is 143 Å². The smallest absolute Gasteiger partial charge is 0.182 e. The van der Waals surface area contributed by atoms with Crippen molar-refractivity contribution < 1.29 is 4.90 Å². The maximum atomic E-state index is 5.63. The zero-order valence-electron chi connectivity index (χ0n) is 13.4. The third kappa shape index (κ3) is 2.93. The molecule has 0 spiro atoms. The van der Waals surface area contributed by atoms with Crippen molar-refractivity contribution in [2.24, 2.45) is 0 Å². The van der Waals surface area contributed by atoms with Gasteiger partial charge in [-0.25, -0.2) is 0 Å². The van der Waals surface area contributed by atoms with Crippen molar-refractivity contribution in [2.45, 2.75) is 38.1 Å². The van der Waals surface area contributed by atoms with E-state index in [1.165, 1.54) is 48.6 Å². The van der Waals surface area contributed by atoms with Crippen LogP contribution in [0, 0.1) is 0 Å². The second-order valence-corrected chi connectivity index (χ2v) is 7.12. The summed E-state index contributed by atoms with van der Waals surface area (Å²) in [6, 6.07) is 15.8. The first-order valence-corrected chi connectivity index (χ1v) is 9.11. The molecular weight excluding hydrogens is 302 g/mol. The largest absolute Gasteiger partial charge is 0.315 e. The van der Waals surface area contributed by atoms with E-state index in [0.717, 1.165) is 24.5 Å². The van der Waals surface area contributed by atoms with Crippen LogP contribution in [0.2, 0.25) is 0 Å². The number of nitrogens with zero attached hydrogens (tertiary/aromatic N) is 1. The first-order valence-electron chi connectivity index (χ1n) is 8.70. The highest BCUT2D eigenvalue weighted by Gasteiger charge is 2.31. The van der Waals surface area contributed by atoms with Crippen LogP contribution in [-0.2, 0) is 0 Å². The Balaban J connectivity index is 1.64. The first-order chi connectivity index (χ1) is 11.3. The van der Waals surface area contributed by atoms with Crippen molar-refractivity contribution in [1.29, 1.82) is 0 Å². The molecular formula is C19H24N3S+. The summed E-state index contributed by atoms with van der Waals surface area (Å²) in [5, 5.41) is 6.88. The van der Waals surface area contributed by atoms with E-state index in [-0.39, 0.29) is 0 Å². The number of hydrogen-bond donors (Lipinski definition) is 2. The van der Waals surface area contributed by atoms with Gasteiger partial charge in [0.15, 0.2) is 18.4 Å². The number of hydrogen-bond acceptors (Lipinski definition) is 1. The standard InChI is InChI=1S/C19H23N3S/c23-19-20-13-21(16-9-2-1-3-10-16)14-22(19)18-12-6-8-15-7-4-5-11-17(15)18/h4-8,11-12,16H,1-3,9-10,13-14H2,(H,20,23)/p+1. The highest BCUT2D eigenvalue weighted by atomic mass is 32.1. The Morgan fingerprint density at radius 3 is 2.65 bits per heavy atom. The monoisotopic (exact) mass is 326 g/mol. The molecule has 2 aliphatic rings. The van der Waals surface area contributed by atoms with Crippen LogP contribution in [0.25, 0.3) is 10.8 Å². The van der Waals surface area contributed by atoms with Gasteiger partial charge >= 0.3 is 0 Å². The van der Waals surface area contributed by atoms with E-state index in [4.69, 9.17) is 12.2 Å². The van der Waals surface area contributed by atoms with Gasteiger partial charge in [0, 0.05) is 5.39 Å². The van der Waals surface area contributed by atoms with Gasteiger partial charge in [-0.15, -0.1) is 0 Å². The van der Waals surface area contributed by atoms with Crippen LogP contribution in [0.5, 0.6) is 0 Å². The van der Waals surface area contributed by atoms with Crippen LogP contribution in [0.3, 0.4) is 0 Å². The molecule has 2 aromatic carbocycles. The van der Waals surface area contributed by atoms with E-state index in [9.17, 15) is 0 Å². The third-order valence-electron chi connectivity index (χ3n) is 5.31. The summed E-state index contributed by atoms with van der Waals surface area (Å²) in [7, 11) is 0. The summed E-state index contributed by atoms with van der Waals surface area (Å²) < 4.78 is 0. The molecule has 0 radical (unpaired) electrons. The molecule has 1 unspecified atom stereocenters. The molecule has 1 atom stereocenters. The molecule has 1 aliphatic heterocycles. The summed E-state index contributed by atoms with van der Waals surface area (Å²) >= 11 is 5.63. The zero-order valence-corrected chi connectivity index (χ0v) is 14.2. The fourth-order valence-corrected chi connectivity index (χ4v) is 4.27. The minimum Gasteiger partial charge on any atom is -0.315 e. The predicted octanol–water partition coefficient (Wildman–Crippen LogP) is 2.67. The molecule has 4 rings (SSSR count). The first kappa shape index (κ1) is 14.9. The number of nitrogens with one attached hydrogen (secondary N) is 2. The highest BCUT2D eigenvalue weighted by Crippen LogP contribution is 2.27. The second-order valence-electron chi connectivity index (χ2n) is 6.74. The molecule has 23 heavy (non-hydrogen) atoms. The average molecular weight is 326 g/mol. The normalized spacial score (nSPS) is 23.0. The number of fused-ring (bicyclic) bond motifs is 1. The van der Waals surface area contributed by atoms with E-state index < -0.39 is 0 Å². The lowest BCUT2D eigenvalue weighted by Crippen LogP contribution is -3.20. The van der Waals surface area contributed by atoms with Crippen LogP contribution in [0.1, 0.15) is 32.1 Å². The van der Waals surface area contributed by atoms with E-state index >= 15 is 0 Å². The average Bonchev–Trinajstić information content (AvgIpc) is 2.62. The van der Waals surface area contributed by atoms with Crippen molar-refractivity contribution in [2.75, 3.05) is 18.2 Å². The lowest BCUT2D eigenvalue weighted by molar-refractivity contribution is -0.929. The van der Waals surface area contributed by atoms with Crippen molar-refractivity contribution in [3.8, 4) is 0 Å². The molecule has 0 bridgehead atoms. The van der Waals surface area contributed by atoms with Gasteiger partial charge in [-0.3, -0.25) is 9.80 Å². The molecule has 1 saturated heterocycles. The third-order valence-corrected chi connectivity index (χ3v) is 5.68. The van der Waals surface area contributed by atoms with E-state index in [1.807, 2.05) is 0 Å². The van der Waals surface area contributed by atoms with Gasteiger partial charge in [-0.2, -0.15) is 0 Å². The van der Waals surface area contributed by atoms with Crippen LogP contribution in [0.15, 0.2) is 42.5 Å². The van der Waals surface area contributed by atoms with Gasteiger partial charge < -0.3 is 5.32 Å². The number of benzene rings is 2. The molecule has 2 aromatic rings. The minimum absolute atomic E-state index is 0.775. The quantitative estimate of drug-likeness (QED) is 0.828. The van der Waals surface area contributed by atoms with Gasteiger partial charge in [0.1, 0.15) is 0 Å². The summed E-state index contributed by atoms with van der Waals surface area (Å²) in [6.45, 7) is 1.94. The van der Waals surface area contributed by atoms with Crippen LogP contribution < -0.4 is 15.1 Å². The molecule has 1 heterocycles. The Morgan fingerprint density at radius 1 is 1.00 bits per heavy atom. The fraction of sp³-hybridized carbons (Fsp3) is 0.421. The topological polar surface area (TPSA) is 19.7 Å². The molecule has 120 valence electrons. The van der Waals surface area contributed by atoms with Gasteiger partial charge in [0.2, 0.25) is 0 Å². The second kappa shape index (κ2) is 6.46. The molecule has 2 N–H and O–H groups in total. The predicted molar refractivity (Wildman–Crippen MR) is 99.7 cm³/mol.